The average Bonchev–Trinajstić information content (AvgIpc) is 2.85. The first-order valence-electron chi connectivity index (χ1n) is 8.92. The number of hydrazine groups is 1. The van der Waals surface area contributed by atoms with Gasteiger partial charge in [0.1, 0.15) is 6.17 Å². The molecule has 0 radical (unpaired) electrons. The van der Waals surface area contributed by atoms with Gasteiger partial charge in [-0.1, -0.05) is 68.7 Å². The third-order valence-electron chi connectivity index (χ3n) is 5.00. The summed E-state index contributed by atoms with van der Waals surface area (Å²) in [5.41, 5.74) is 4.56. The largest absolute Gasteiger partial charge is 0.334 e. The predicted molar refractivity (Wildman–Crippen MR) is 109 cm³/mol. The summed E-state index contributed by atoms with van der Waals surface area (Å²) in [6.07, 6.45) is 9.84. The number of hydrogen-bond acceptors (Lipinski definition) is 3. The van der Waals surface area contributed by atoms with Crippen LogP contribution in [0.4, 0.5) is 0 Å². The second kappa shape index (κ2) is 8.32. The van der Waals surface area contributed by atoms with Gasteiger partial charge in [0.15, 0.2) is 0 Å². The van der Waals surface area contributed by atoms with Crippen LogP contribution in [-0.2, 0) is 0 Å². The predicted octanol–water partition coefficient (Wildman–Crippen LogP) is 4.98. The molecule has 0 amide bonds. The lowest BCUT2D eigenvalue weighted by atomic mass is 10.0. The molecule has 1 aromatic rings. The Kier molecular flexibility index (Phi) is 6.40. The minimum atomic E-state index is 0.145. The molecule has 0 aliphatic carbocycles. The monoisotopic (exact) mass is 337 g/mol. The number of likely N-dealkylation sites (N-methyl/N-ethyl adjacent to an activating group) is 1. The normalized spacial score (nSPS) is 22.8. The standard InChI is InChI=1S/C22H31N3/c1-8-10-11-14-17(3)22-24(7)23(6)19(5)25(22)18(4)21-16-13-12-15-20(21)9-2/h9-16,19,22H,2,4,8H2,1,3,5-7H3/b11-10-,17-14+. The number of nitrogens with zero attached hydrogens (tertiary/aromatic N) is 3. The summed E-state index contributed by atoms with van der Waals surface area (Å²) in [7, 11) is 4.26. The maximum absolute atomic E-state index is 4.44. The molecule has 0 N–H and O–H groups in total. The first-order valence-corrected chi connectivity index (χ1v) is 8.92. The highest BCUT2D eigenvalue weighted by atomic mass is 15.8. The summed E-state index contributed by atoms with van der Waals surface area (Å²) in [5, 5.41) is 4.53. The maximum atomic E-state index is 4.44. The Morgan fingerprint density at radius 1 is 1.20 bits per heavy atom. The summed E-state index contributed by atoms with van der Waals surface area (Å²) in [5.74, 6) is 0. The van der Waals surface area contributed by atoms with Crippen LogP contribution in [0.25, 0.3) is 11.8 Å². The fraction of sp³-hybridized carbons (Fsp3) is 0.364. The van der Waals surface area contributed by atoms with Crippen molar-refractivity contribution in [3.8, 4) is 0 Å². The van der Waals surface area contributed by atoms with Gasteiger partial charge in [-0.2, -0.15) is 0 Å². The molecule has 1 aliphatic heterocycles. The Balaban J connectivity index is 2.44. The Labute approximate surface area is 153 Å². The fourth-order valence-corrected chi connectivity index (χ4v) is 3.41. The third-order valence-corrected chi connectivity index (χ3v) is 5.00. The number of allylic oxidation sites excluding steroid dienone is 3. The molecule has 0 bridgehead atoms. The molecule has 25 heavy (non-hydrogen) atoms. The topological polar surface area (TPSA) is 9.72 Å². The van der Waals surface area contributed by atoms with Crippen molar-refractivity contribution < 1.29 is 0 Å². The van der Waals surface area contributed by atoms with Gasteiger partial charge < -0.3 is 4.90 Å². The van der Waals surface area contributed by atoms with Crippen LogP contribution in [0, 0.1) is 0 Å². The first-order chi connectivity index (χ1) is 11.9. The van der Waals surface area contributed by atoms with E-state index in [1.54, 1.807) is 0 Å². The highest BCUT2D eigenvalue weighted by Gasteiger charge is 2.41. The molecule has 2 rings (SSSR count). The van der Waals surface area contributed by atoms with Crippen molar-refractivity contribution in [2.75, 3.05) is 14.1 Å². The third kappa shape index (κ3) is 3.78. The quantitative estimate of drug-likeness (QED) is 0.678. The summed E-state index contributed by atoms with van der Waals surface area (Å²) < 4.78 is 0. The van der Waals surface area contributed by atoms with Crippen molar-refractivity contribution in [1.29, 1.82) is 0 Å². The molecular formula is C22H31N3. The highest BCUT2D eigenvalue weighted by Crippen LogP contribution is 2.35. The molecule has 3 nitrogen and oxygen atoms in total. The molecule has 2 unspecified atom stereocenters. The molecule has 0 aromatic heterocycles. The average molecular weight is 338 g/mol. The van der Waals surface area contributed by atoms with Gasteiger partial charge in [0.2, 0.25) is 0 Å². The van der Waals surface area contributed by atoms with Gasteiger partial charge in [0.05, 0.1) is 6.17 Å². The van der Waals surface area contributed by atoms with Gasteiger partial charge in [-0.05, 0) is 31.4 Å². The van der Waals surface area contributed by atoms with E-state index in [-0.39, 0.29) is 12.3 Å². The molecule has 1 fully saturated rings. The van der Waals surface area contributed by atoms with Crippen molar-refractivity contribution >= 4 is 11.8 Å². The van der Waals surface area contributed by atoms with Crippen molar-refractivity contribution in [2.24, 2.45) is 0 Å². The minimum Gasteiger partial charge on any atom is -0.334 e. The van der Waals surface area contributed by atoms with E-state index in [0.717, 1.165) is 23.2 Å². The van der Waals surface area contributed by atoms with Crippen LogP contribution in [0.1, 0.15) is 38.3 Å². The van der Waals surface area contributed by atoms with Crippen LogP contribution >= 0.6 is 0 Å². The van der Waals surface area contributed by atoms with Crippen LogP contribution in [0.15, 0.2) is 61.2 Å². The van der Waals surface area contributed by atoms with E-state index >= 15 is 0 Å². The summed E-state index contributed by atoms with van der Waals surface area (Å²) in [6, 6.07) is 8.31. The Bertz CT molecular complexity index is 686. The van der Waals surface area contributed by atoms with E-state index in [4.69, 9.17) is 0 Å². The van der Waals surface area contributed by atoms with Crippen LogP contribution < -0.4 is 0 Å². The van der Waals surface area contributed by atoms with E-state index in [9.17, 15) is 0 Å². The minimum absolute atomic E-state index is 0.145. The van der Waals surface area contributed by atoms with Gasteiger partial charge in [0, 0.05) is 25.4 Å². The lowest BCUT2D eigenvalue weighted by Gasteiger charge is -2.33. The molecule has 0 saturated carbocycles. The summed E-state index contributed by atoms with van der Waals surface area (Å²) in [6.45, 7) is 14.9. The molecular weight excluding hydrogens is 306 g/mol. The second-order valence-corrected chi connectivity index (χ2v) is 6.55. The molecule has 1 aliphatic rings. The zero-order chi connectivity index (χ0) is 18.6. The SMILES string of the molecule is C=Cc1ccccc1C(=C)N1C(C)N(C)N(C)C1/C(C)=C/C=C\CC. The van der Waals surface area contributed by atoms with Crippen molar-refractivity contribution in [2.45, 2.75) is 39.5 Å². The molecule has 0 spiro atoms. The first kappa shape index (κ1) is 19.2. The van der Waals surface area contributed by atoms with Gasteiger partial charge in [-0.3, -0.25) is 0 Å². The molecule has 3 heteroatoms. The van der Waals surface area contributed by atoms with Crippen LogP contribution in [0.5, 0.6) is 0 Å². The molecule has 1 saturated heterocycles. The number of hydrogen-bond donors (Lipinski definition) is 0. The summed E-state index contributed by atoms with van der Waals surface area (Å²) >= 11 is 0. The Morgan fingerprint density at radius 3 is 2.52 bits per heavy atom. The Hall–Kier alpha value is -2.10. The van der Waals surface area contributed by atoms with Gasteiger partial charge in [-0.15, -0.1) is 0 Å². The lowest BCUT2D eigenvalue weighted by molar-refractivity contribution is 0.0398. The van der Waals surface area contributed by atoms with Crippen molar-refractivity contribution in [1.82, 2.24) is 14.9 Å². The highest BCUT2D eigenvalue weighted by molar-refractivity contribution is 5.72. The van der Waals surface area contributed by atoms with E-state index in [1.165, 1.54) is 5.57 Å². The van der Waals surface area contributed by atoms with Crippen LogP contribution in [0.3, 0.4) is 0 Å². The molecule has 2 atom stereocenters. The van der Waals surface area contributed by atoms with Crippen molar-refractivity contribution in [3.63, 3.8) is 0 Å². The zero-order valence-corrected chi connectivity index (χ0v) is 16.2. The molecule has 1 aromatic carbocycles. The van der Waals surface area contributed by atoms with Gasteiger partial charge in [-0.25, -0.2) is 10.0 Å². The molecule has 134 valence electrons. The van der Waals surface area contributed by atoms with Crippen LogP contribution in [0.2, 0.25) is 0 Å². The van der Waals surface area contributed by atoms with Crippen molar-refractivity contribution in [3.05, 3.63) is 72.4 Å². The van der Waals surface area contributed by atoms with Gasteiger partial charge in [0.25, 0.3) is 0 Å². The fourth-order valence-electron chi connectivity index (χ4n) is 3.41. The maximum Gasteiger partial charge on any atom is 0.118 e. The van der Waals surface area contributed by atoms with E-state index in [0.29, 0.717) is 0 Å². The van der Waals surface area contributed by atoms with E-state index in [1.807, 2.05) is 12.1 Å². The number of benzene rings is 1. The smallest absolute Gasteiger partial charge is 0.118 e. The second-order valence-electron chi connectivity index (χ2n) is 6.55. The summed E-state index contributed by atoms with van der Waals surface area (Å²) in [4.78, 5) is 2.38. The Morgan fingerprint density at radius 2 is 1.88 bits per heavy atom. The zero-order valence-electron chi connectivity index (χ0n) is 16.2. The van der Waals surface area contributed by atoms with Crippen LogP contribution in [-0.4, -0.2) is 41.3 Å². The van der Waals surface area contributed by atoms with E-state index < -0.39 is 0 Å². The lowest BCUT2D eigenvalue weighted by Crippen LogP contribution is -2.39. The number of rotatable bonds is 6. The van der Waals surface area contributed by atoms with E-state index in [2.05, 4.69) is 99.4 Å². The molecule has 1 heterocycles. The van der Waals surface area contributed by atoms with Gasteiger partial charge >= 0.3 is 0 Å².